The summed E-state index contributed by atoms with van der Waals surface area (Å²) in [4.78, 5) is 48.0. The molecule has 0 aliphatic carbocycles. The van der Waals surface area contributed by atoms with E-state index in [1.807, 2.05) is 25.1 Å². The first-order valence-electron chi connectivity index (χ1n) is 16.1. The molecule has 0 radical (unpaired) electrons. The highest BCUT2D eigenvalue weighted by atomic mass is 35.5. The fraction of sp³-hybridized carbons (Fsp3) is 0.278. The third kappa shape index (κ3) is 7.07. The number of amides is 3. The van der Waals surface area contributed by atoms with Gasteiger partial charge in [-0.05, 0) is 66.9 Å². The number of rotatable bonds is 12. The van der Waals surface area contributed by atoms with Crippen molar-refractivity contribution in [1.82, 2.24) is 19.6 Å². The number of aromatic hydroxyl groups is 1. The lowest BCUT2D eigenvalue weighted by Crippen LogP contribution is -2.41. The molecule has 0 fully saturated rings. The maximum absolute atomic E-state index is 14.2. The summed E-state index contributed by atoms with van der Waals surface area (Å²) < 4.78 is 13.0. The zero-order valence-corrected chi connectivity index (χ0v) is 28.3. The van der Waals surface area contributed by atoms with E-state index >= 15 is 0 Å². The maximum atomic E-state index is 14.2. The van der Waals surface area contributed by atoms with E-state index in [-0.39, 0.29) is 68.1 Å². The zero-order chi connectivity index (χ0) is 35.4. The fourth-order valence-electron chi connectivity index (χ4n) is 6.14. The van der Waals surface area contributed by atoms with Crippen LogP contribution in [0, 0.1) is 6.92 Å². The third-order valence-electron chi connectivity index (χ3n) is 8.49. The minimum Gasteiger partial charge on any atom is -0.508 e. The van der Waals surface area contributed by atoms with E-state index in [1.54, 1.807) is 46.9 Å². The molecule has 0 spiro atoms. The van der Waals surface area contributed by atoms with Crippen LogP contribution in [0.25, 0.3) is 16.4 Å². The Morgan fingerprint density at radius 3 is 2.62 bits per heavy atom. The molecule has 1 atom stereocenters. The van der Waals surface area contributed by atoms with Crippen LogP contribution in [0.3, 0.4) is 0 Å². The first-order chi connectivity index (χ1) is 24.2. The maximum Gasteiger partial charge on any atom is 0.416 e. The van der Waals surface area contributed by atoms with Gasteiger partial charge in [0.25, 0.3) is 11.8 Å². The molecule has 2 aromatic heterocycles. The molecule has 14 heteroatoms. The lowest BCUT2D eigenvalue weighted by Gasteiger charge is -2.23. The third-order valence-corrected chi connectivity index (χ3v) is 8.86. The van der Waals surface area contributed by atoms with Crippen molar-refractivity contribution in [1.29, 1.82) is 0 Å². The number of pyridine rings is 1. The second-order valence-electron chi connectivity index (χ2n) is 11.9. The van der Waals surface area contributed by atoms with Gasteiger partial charge < -0.3 is 39.6 Å². The standard InChI is InChI=1S/C36H37ClN6O7/c1-22-4-3-5-27-30(50-36(48)41(21-38-2)12-14-49-15-13-44)16-29-33(32(22)27)24(17-37)18-43(29)35(47)28-20-42-19-25(8-11-31(42)40-28)39-34(46)23-6-9-26(45)10-7-23/h3-11,16,19-20,24,38,44-45H,12-15,17-18,21H2,1-2H3,(H,39,46)/t24-/m1/s1. The number of imidazole rings is 1. The van der Waals surface area contributed by atoms with Gasteiger partial charge in [0.05, 0.1) is 37.9 Å². The Morgan fingerprint density at radius 2 is 1.88 bits per heavy atom. The predicted molar refractivity (Wildman–Crippen MR) is 190 cm³/mol. The number of fused-ring (bicyclic) bond motifs is 4. The minimum atomic E-state index is -0.604. The van der Waals surface area contributed by atoms with Gasteiger partial charge in [-0.15, -0.1) is 11.6 Å². The Bertz CT molecular complexity index is 2050. The summed E-state index contributed by atoms with van der Waals surface area (Å²) in [6.45, 7) is 2.96. The molecule has 0 bridgehead atoms. The van der Waals surface area contributed by atoms with Gasteiger partial charge in [-0.2, -0.15) is 0 Å². The van der Waals surface area contributed by atoms with Crippen LogP contribution in [0.15, 0.2) is 73.1 Å². The van der Waals surface area contributed by atoms with Crippen LogP contribution in [0.5, 0.6) is 11.5 Å². The number of aryl methyl sites for hydroxylation is 1. The highest BCUT2D eigenvalue weighted by Crippen LogP contribution is 2.47. The summed E-state index contributed by atoms with van der Waals surface area (Å²) in [5.74, 6) is -0.289. The van der Waals surface area contributed by atoms with Crippen LogP contribution < -0.4 is 20.3 Å². The molecule has 3 heterocycles. The van der Waals surface area contributed by atoms with E-state index in [0.29, 0.717) is 34.9 Å². The molecule has 3 amide bonds. The van der Waals surface area contributed by atoms with E-state index in [1.165, 1.54) is 29.2 Å². The van der Waals surface area contributed by atoms with Crippen molar-refractivity contribution in [3.63, 3.8) is 0 Å². The second-order valence-corrected chi connectivity index (χ2v) is 12.2. The van der Waals surface area contributed by atoms with Gasteiger partial charge in [-0.25, -0.2) is 9.78 Å². The summed E-state index contributed by atoms with van der Waals surface area (Å²) in [6.07, 6.45) is 2.66. The molecule has 3 aromatic carbocycles. The Kier molecular flexibility index (Phi) is 10.5. The number of carbonyl (C=O) groups excluding carboxylic acids is 3. The number of aromatic nitrogens is 2. The number of hydrogen-bond donors (Lipinski definition) is 4. The van der Waals surface area contributed by atoms with Gasteiger partial charge in [0, 0.05) is 54.3 Å². The summed E-state index contributed by atoms with van der Waals surface area (Å²) in [5, 5.41) is 25.9. The molecular weight excluding hydrogens is 664 g/mol. The molecular formula is C36H37ClN6O7. The molecule has 4 N–H and O–H groups in total. The number of phenolic OH excluding ortho intramolecular Hbond substituents is 1. The van der Waals surface area contributed by atoms with Crippen molar-refractivity contribution in [2.75, 3.05) is 62.7 Å². The van der Waals surface area contributed by atoms with E-state index in [2.05, 4.69) is 15.6 Å². The molecule has 0 unspecified atom stereocenters. The molecule has 260 valence electrons. The number of hydrogen-bond acceptors (Lipinski definition) is 9. The van der Waals surface area contributed by atoms with Crippen molar-refractivity contribution in [2.45, 2.75) is 12.8 Å². The number of carbonyl (C=O) groups is 3. The monoisotopic (exact) mass is 700 g/mol. The van der Waals surface area contributed by atoms with Crippen LogP contribution in [0.1, 0.15) is 37.9 Å². The van der Waals surface area contributed by atoms with Gasteiger partial charge in [0.15, 0.2) is 0 Å². The number of aliphatic hydroxyl groups excluding tert-OH is 1. The van der Waals surface area contributed by atoms with E-state index in [0.717, 1.165) is 21.9 Å². The molecule has 50 heavy (non-hydrogen) atoms. The number of nitrogens with zero attached hydrogens (tertiary/aromatic N) is 4. The normalized spacial score (nSPS) is 13.8. The quantitative estimate of drug-likeness (QED) is 0.0821. The van der Waals surface area contributed by atoms with Gasteiger partial charge >= 0.3 is 6.09 Å². The fourth-order valence-corrected chi connectivity index (χ4v) is 6.39. The van der Waals surface area contributed by atoms with Gasteiger partial charge in [0.2, 0.25) is 0 Å². The Hall–Kier alpha value is -5.21. The lowest BCUT2D eigenvalue weighted by molar-refractivity contribution is 0.0716. The average Bonchev–Trinajstić information content (AvgIpc) is 3.71. The second kappa shape index (κ2) is 15.1. The van der Waals surface area contributed by atoms with Crippen molar-refractivity contribution >= 4 is 57.3 Å². The number of nitrogens with one attached hydrogen (secondary N) is 2. The smallest absolute Gasteiger partial charge is 0.416 e. The van der Waals surface area contributed by atoms with Crippen molar-refractivity contribution in [2.24, 2.45) is 0 Å². The molecule has 13 nitrogen and oxygen atoms in total. The highest BCUT2D eigenvalue weighted by Gasteiger charge is 2.37. The summed E-state index contributed by atoms with van der Waals surface area (Å²) in [6, 6.07) is 16.8. The van der Waals surface area contributed by atoms with Gasteiger partial charge in [-0.3, -0.25) is 14.5 Å². The van der Waals surface area contributed by atoms with Crippen molar-refractivity contribution in [3.8, 4) is 11.5 Å². The Morgan fingerprint density at radius 1 is 1.08 bits per heavy atom. The molecule has 0 saturated carbocycles. The number of anilines is 2. The Balaban J connectivity index is 1.31. The zero-order valence-electron chi connectivity index (χ0n) is 27.6. The molecule has 1 aliphatic rings. The SMILES string of the molecule is CNCN(CCOCCO)C(=O)Oc1cc2c(c3c(C)cccc13)[C@H](CCl)CN2C(=O)c1cn2cc(NC(=O)c3ccc(O)cc3)ccc2n1. The number of alkyl halides is 1. The summed E-state index contributed by atoms with van der Waals surface area (Å²) in [5.41, 5.74) is 3.96. The van der Waals surface area contributed by atoms with Gasteiger partial charge in [-0.1, -0.05) is 18.2 Å². The Labute approximate surface area is 293 Å². The lowest BCUT2D eigenvalue weighted by atomic mass is 9.92. The number of ether oxygens (including phenoxy) is 2. The van der Waals surface area contributed by atoms with Crippen LogP contribution >= 0.6 is 11.6 Å². The molecule has 1 aliphatic heterocycles. The summed E-state index contributed by atoms with van der Waals surface area (Å²) in [7, 11) is 1.72. The topological polar surface area (TPSA) is 158 Å². The number of phenols is 1. The van der Waals surface area contributed by atoms with Gasteiger partial charge in [0.1, 0.15) is 22.8 Å². The van der Waals surface area contributed by atoms with E-state index < -0.39 is 6.09 Å². The highest BCUT2D eigenvalue weighted by molar-refractivity contribution is 6.19. The largest absolute Gasteiger partial charge is 0.508 e. The average molecular weight is 701 g/mol. The van der Waals surface area contributed by atoms with Crippen molar-refractivity contribution < 1.29 is 34.1 Å². The van der Waals surface area contributed by atoms with Crippen LogP contribution in [-0.2, 0) is 4.74 Å². The summed E-state index contributed by atoms with van der Waals surface area (Å²) >= 11 is 6.52. The van der Waals surface area contributed by atoms with Crippen LogP contribution in [-0.4, -0.2) is 94.9 Å². The predicted octanol–water partition coefficient (Wildman–Crippen LogP) is 4.72. The minimum absolute atomic E-state index is 0.0603. The molecule has 0 saturated heterocycles. The van der Waals surface area contributed by atoms with E-state index in [4.69, 9.17) is 26.2 Å². The molecule has 6 rings (SSSR count). The number of aliphatic hydroxyl groups is 1. The first kappa shape index (κ1) is 34.6. The number of halogens is 1. The first-order valence-corrected chi connectivity index (χ1v) is 16.6. The van der Waals surface area contributed by atoms with Crippen LogP contribution in [0.4, 0.5) is 16.2 Å². The van der Waals surface area contributed by atoms with Crippen molar-refractivity contribution in [3.05, 3.63) is 95.4 Å². The number of benzene rings is 3. The van der Waals surface area contributed by atoms with E-state index in [9.17, 15) is 19.5 Å². The van der Waals surface area contributed by atoms with Crippen LogP contribution in [0.2, 0.25) is 0 Å². The molecule has 5 aromatic rings.